The lowest BCUT2D eigenvalue weighted by Crippen LogP contribution is -2.27. The fourth-order valence-corrected chi connectivity index (χ4v) is 7.69. The molecule has 0 unspecified atom stereocenters. The Labute approximate surface area is 320 Å². The SMILES string of the molecule is CC(C)(C)c1cc(Oc2ccc3c4ccccc4n(-c4cc(C(C)(C)c5ccccc5)ccn4)c3c2)cc(N2C=CN(c3ccccc3C(C)(C)C)C2)c1. The van der Waals surface area contributed by atoms with E-state index in [2.05, 4.69) is 210 Å². The molecular formula is C49H50N4O. The van der Waals surface area contributed by atoms with Gasteiger partial charge in [0, 0.05) is 58.3 Å². The number of aromatic nitrogens is 2. The van der Waals surface area contributed by atoms with Crippen LogP contribution in [0.15, 0.2) is 146 Å². The second-order valence-corrected chi connectivity index (χ2v) is 17.1. The quantitative estimate of drug-likeness (QED) is 0.165. The van der Waals surface area contributed by atoms with Crippen LogP contribution in [0.1, 0.15) is 77.6 Å². The van der Waals surface area contributed by atoms with Crippen LogP contribution in [0.25, 0.3) is 27.6 Å². The van der Waals surface area contributed by atoms with Crippen molar-refractivity contribution in [1.82, 2.24) is 9.55 Å². The molecule has 0 bridgehead atoms. The normalized spacial score (nSPS) is 13.7. The van der Waals surface area contributed by atoms with Gasteiger partial charge in [0.05, 0.1) is 17.7 Å². The standard InChI is InChI=1S/C49H50N4O/c1-47(2,3)36-28-37(51-26-27-52(33-51)44-21-15-13-19-42(44)48(4,5)6)31-39(29-36)54-38-22-23-41-40-18-12-14-20-43(40)53(45(41)32-38)46-30-35(24-25-50-46)49(7,8)34-16-10-9-11-17-34/h9-32H,33H2,1-8H3. The molecule has 5 aromatic carbocycles. The maximum Gasteiger partial charge on any atom is 0.137 e. The first kappa shape index (κ1) is 35.2. The molecule has 0 amide bonds. The van der Waals surface area contributed by atoms with Gasteiger partial charge in [-0.05, 0) is 81.6 Å². The smallest absolute Gasteiger partial charge is 0.137 e. The maximum atomic E-state index is 6.82. The van der Waals surface area contributed by atoms with Crippen LogP contribution in [0.2, 0.25) is 0 Å². The number of ether oxygens (including phenoxy) is 1. The highest BCUT2D eigenvalue weighted by atomic mass is 16.5. The summed E-state index contributed by atoms with van der Waals surface area (Å²) in [6.45, 7) is 18.9. The van der Waals surface area contributed by atoms with Crippen LogP contribution in [0.5, 0.6) is 11.5 Å². The number of fused-ring (bicyclic) bond motifs is 3. The number of pyridine rings is 1. The van der Waals surface area contributed by atoms with Gasteiger partial charge in [-0.25, -0.2) is 4.98 Å². The zero-order valence-corrected chi connectivity index (χ0v) is 32.8. The number of hydrogen-bond donors (Lipinski definition) is 0. The van der Waals surface area contributed by atoms with E-state index in [0.717, 1.165) is 46.1 Å². The van der Waals surface area contributed by atoms with Gasteiger partial charge in [-0.1, -0.05) is 122 Å². The third-order valence-electron chi connectivity index (χ3n) is 10.9. The van der Waals surface area contributed by atoms with Crippen molar-refractivity contribution in [2.75, 3.05) is 16.5 Å². The minimum Gasteiger partial charge on any atom is -0.457 e. The molecule has 5 nitrogen and oxygen atoms in total. The largest absolute Gasteiger partial charge is 0.457 e. The number of anilines is 2. The van der Waals surface area contributed by atoms with E-state index in [4.69, 9.17) is 9.72 Å². The molecule has 0 radical (unpaired) electrons. The predicted molar refractivity (Wildman–Crippen MR) is 226 cm³/mol. The number of para-hydroxylation sites is 2. The van der Waals surface area contributed by atoms with Crippen LogP contribution in [0.4, 0.5) is 11.4 Å². The molecule has 3 heterocycles. The molecule has 7 aromatic rings. The minimum absolute atomic E-state index is 0.0371. The van der Waals surface area contributed by atoms with E-state index in [1.54, 1.807) is 0 Å². The van der Waals surface area contributed by atoms with E-state index in [1.807, 2.05) is 6.20 Å². The topological polar surface area (TPSA) is 33.5 Å². The van der Waals surface area contributed by atoms with Crippen molar-refractivity contribution in [3.05, 3.63) is 168 Å². The molecule has 54 heavy (non-hydrogen) atoms. The Balaban J connectivity index is 1.17. The molecule has 272 valence electrons. The van der Waals surface area contributed by atoms with Crippen molar-refractivity contribution in [1.29, 1.82) is 0 Å². The Morgan fingerprint density at radius 2 is 1.24 bits per heavy atom. The van der Waals surface area contributed by atoms with Gasteiger partial charge in [-0.15, -0.1) is 0 Å². The second-order valence-electron chi connectivity index (χ2n) is 17.1. The Morgan fingerprint density at radius 3 is 2.02 bits per heavy atom. The zero-order chi connectivity index (χ0) is 37.8. The molecule has 5 heteroatoms. The summed E-state index contributed by atoms with van der Waals surface area (Å²) in [5.74, 6) is 2.48. The van der Waals surface area contributed by atoms with Gasteiger partial charge in [0.25, 0.3) is 0 Å². The van der Waals surface area contributed by atoms with Crippen LogP contribution >= 0.6 is 0 Å². The highest BCUT2D eigenvalue weighted by molar-refractivity contribution is 6.09. The second kappa shape index (κ2) is 13.2. The molecule has 0 atom stereocenters. The fraction of sp³-hybridized carbons (Fsp3) is 0.245. The van der Waals surface area contributed by atoms with Gasteiger partial charge < -0.3 is 14.5 Å². The summed E-state index contributed by atoms with van der Waals surface area (Å²) >= 11 is 0. The van der Waals surface area contributed by atoms with E-state index in [1.165, 1.54) is 33.3 Å². The van der Waals surface area contributed by atoms with Crippen molar-refractivity contribution >= 4 is 33.2 Å². The van der Waals surface area contributed by atoms with Crippen molar-refractivity contribution < 1.29 is 4.74 Å². The third kappa shape index (κ3) is 6.53. The Morgan fingerprint density at radius 1 is 0.537 bits per heavy atom. The molecular weight excluding hydrogens is 661 g/mol. The monoisotopic (exact) mass is 710 g/mol. The number of rotatable bonds is 7. The molecule has 0 N–H and O–H groups in total. The summed E-state index contributed by atoms with van der Waals surface area (Å²) < 4.78 is 9.10. The fourth-order valence-electron chi connectivity index (χ4n) is 7.69. The Hall–Kier alpha value is -5.81. The van der Waals surface area contributed by atoms with E-state index >= 15 is 0 Å². The molecule has 1 aliphatic heterocycles. The average Bonchev–Trinajstić information content (AvgIpc) is 3.78. The van der Waals surface area contributed by atoms with Crippen molar-refractivity contribution in [3.63, 3.8) is 0 Å². The maximum absolute atomic E-state index is 6.82. The highest BCUT2D eigenvalue weighted by Gasteiger charge is 2.26. The summed E-state index contributed by atoms with van der Waals surface area (Å²) in [5.41, 5.74) is 9.30. The van der Waals surface area contributed by atoms with Crippen LogP contribution in [0, 0.1) is 0 Å². The van der Waals surface area contributed by atoms with E-state index < -0.39 is 0 Å². The summed E-state index contributed by atoms with van der Waals surface area (Å²) in [5, 5.41) is 2.35. The lowest BCUT2D eigenvalue weighted by atomic mass is 9.78. The number of benzene rings is 5. The van der Waals surface area contributed by atoms with Gasteiger partial charge in [0.15, 0.2) is 0 Å². The van der Waals surface area contributed by atoms with Gasteiger partial charge in [0.1, 0.15) is 17.3 Å². The highest BCUT2D eigenvalue weighted by Crippen LogP contribution is 2.40. The molecule has 0 spiro atoms. The lowest BCUT2D eigenvalue weighted by Gasteiger charge is -2.29. The minimum atomic E-state index is -0.195. The first-order chi connectivity index (χ1) is 25.8. The van der Waals surface area contributed by atoms with Crippen LogP contribution in [0.3, 0.4) is 0 Å². The summed E-state index contributed by atoms with van der Waals surface area (Å²) in [6, 6.07) is 45.4. The molecule has 0 saturated carbocycles. The van der Waals surface area contributed by atoms with Gasteiger partial charge in [-0.3, -0.25) is 4.57 Å². The van der Waals surface area contributed by atoms with Crippen LogP contribution < -0.4 is 14.5 Å². The van der Waals surface area contributed by atoms with Gasteiger partial charge in [0.2, 0.25) is 0 Å². The number of nitrogens with zero attached hydrogens (tertiary/aromatic N) is 4. The van der Waals surface area contributed by atoms with Crippen molar-refractivity contribution in [3.8, 4) is 17.3 Å². The first-order valence-corrected chi connectivity index (χ1v) is 19.0. The number of hydrogen-bond acceptors (Lipinski definition) is 4. The summed E-state index contributed by atoms with van der Waals surface area (Å²) in [6.07, 6.45) is 6.30. The molecule has 0 saturated heterocycles. The predicted octanol–water partition coefficient (Wildman–Crippen LogP) is 12.6. The van der Waals surface area contributed by atoms with E-state index in [9.17, 15) is 0 Å². The Kier molecular flexibility index (Phi) is 8.64. The molecule has 0 fully saturated rings. The van der Waals surface area contributed by atoms with Crippen LogP contribution in [-0.2, 0) is 16.2 Å². The van der Waals surface area contributed by atoms with Gasteiger partial charge in [-0.2, -0.15) is 0 Å². The summed E-state index contributed by atoms with van der Waals surface area (Å²) in [4.78, 5) is 9.59. The van der Waals surface area contributed by atoms with Crippen LogP contribution in [-0.4, -0.2) is 16.2 Å². The lowest BCUT2D eigenvalue weighted by molar-refractivity contribution is 0.479. The molecule has 0 aliphatic carbocycles. The molecule has 1 aliphatic rings. The Bertz CT molecular complexity index is 2510. The van der Waals surface area contributed by atoms with E-state index in [0.29, 0.717) is 0 Å². The average molecular weight is 711 g/mol. The zero-order valence-electron chi connectivity index (χ0n) is 32.8. The van der Waals surface area contributed by atoms with E-state index in [-0.39, 0.29) is 16.2 Å². The van der Waals surface area contributed by atoms with Gasteiger partial charge >= 0.3 is 0 Å². The summed E-state index contributed by atoms with van der Waals surface area (Å²) in [7, 11) is 0. The first-order valence-electron chi connectivity index (χ1n) is 19.0. The molecule has 8 rings (SSSR count). The van der Waals surface area contributed by atoms with Crippen molar-refractivity contribution in [2.45, 2.75) is 71.6 Å². The van der Waals surface area contributed by atoms with Crippen molar-refractivity contribution in [2.24, 2.45) is 0 Å². The third-order valence-corrected chi connectivity index (χ3v) is 10.9. The molecule has 2 aromatic heterocycles.